The molecule has 0 aliphatic rings. The normalized spacial score (nSPS) is 12.6. The van der Waals surface area contributed by atoms with Crippen molar-refractivity contribution in [2.24, 2.45) is 0 Å². The van der Waals surface area contributed by atoms with E-state index in [0.29, 0.717) is 6.04 Å². The summed E-state index contributed by atoms with van der Waals surface area (Å²) in [6.45, 7) is 5.38. The second-order valence-corrected chi connectivity index (χ2v) is 4.73. The molecule has 0 heterocycles. The van der Waals surface area contributed by atoms with Crippen molar-refractivity contribution < 1.29 is 4.39 Å². The minimum Gasteiger partial charge on any atom is -0.314 e. The van der Waals surface area contributed by atoms with E-state index in [4.69, 9.17) is 0 Å². The molecular weight excluding hydrogens is 213 g/mol. The van der Waals surface area contributed by atoms with Gasteiger partial charge in [-0.2, -0.15) is 0 Å². The fourth-order valence-corrected chi connectivity index (χ4v) is 1.96. The average molecular weight is 237 g/mol. The number of hydrogen-bond donors (Lipinski definition) is 1. The quantitative estimate of drug-likeness (QED) is 0.676. The van der Waals surface area contributed by atoms with Gasteiger partial charge in [0.25, 0.3) is 0 Å². The van der Waals surface area contributed by atoms with Crippen LogP contribution in [0.2, 0.25) is 0 Å². The first-order valence-corrected chi connectivity index (χ1v) is 6.70. The molecule has 1 N–H and O–H groups in total. The molecule has 1 aromatic carbocycles. The molecule has 1 rings (SSSR count). The smallest absolute Gasteiger partial charge is 0.123 e. The Labute approximate surface area is 104 Å². The van der Waals surface area contributed by atoms with Crippen LogP contribution in [0.1, 0.15) is 45.1 Å². The zero-order valence-corrected chi connectivity index (χ0v) is 11.0. The maximum absolute atomic E-state index is 12.9. The van der Waals surface area contributed by atoms with Crippen LogP contribution in [-0.4, -0.2) is 12.6 Å². The van der Waals surface area contributed by atoms with Gasteiger partial charge in [0.15, 0.2) is 0 Å². The van der Waals surface area contributed by atoms with Gasteiger partial charge in [-0.05, 0) is 44.0 Å². The standard InChI is InChI=1S/C15H24FN/c1-3-4-5-7-13(2)17-11-10-14-8-6-9-15(16)12-14/h6,8-9,12-13,17H,3-5,7,10-11H2,1-2H3. The Morgan fingerprint density at radius 1 is 1.29 bits per heavy atom. The lowest BCUT2D eigenvalue weighted by molar-refractivity contribution is 0.490. The van der Waals surface area contributed by atoms with Gasteiger partial charge in [0.2, 0.25) is 0 Å². The van der Waals surface area contributed by atoms with Gasteiger partial charge < -0.3 is 5.32 Å². The van der Waals surface area contributed by atoms with E-state index < -0.39 is 0 Å². The minimum atomic E-state index is -0.140. The SMILES string of the molecule is CCCCCC(C)NCCc1cccc(F)c1. The molecule has 0 aromatic heterocycles. The number of rotatable bonds is 8. The lowest BCUT2D eigenvalue weighted by Crippen LogP contribution is -2.28. The largest absolute Gasteiger partial charge is 0.314 e. The highest BCUT2D eigenvalue weighted by Crippen LogP contribution is 2.05. The maximum atomic E-state index is 12.9. The average Bonchev–Trinajstić information content (AvgIpc) is 2.29. The number of nitrogens with one attached hydrogen (secondary N) is 1. The first kappa shape index (κ1) is 14.2. The first-order chi connectivity index (χ1) is 8.22. The molecule has 1 atom stereocenters. The third-order valence-electron chi connectivity index (χ3n) is 3.04. The molecule has 0 aliphatic heterocycles. The molecule has 17 heavy (non-hydrogen) atoms. The molecule has 1 unspecified atom stereocenters. The van der Waals surface area contributed by atoms with Crippen LogP contribution in [0.25, 0.3) is 0 Å². The topological polar surface area (TPSA) is 12.0 Å². The molecule has 2 heteroatoms. The van der Waals surface area contributed by atoms with E-state index in [1.165, 1.54) is 31.7 Å². The van der Waals surface area contributed by atoms with Gasteiger partial charge in [-0.15, -0.1) is 0 Å². The van der Waals surface area contributed by atoms with E-state index in [2.05, 4.69) is 19.2 Å². The summed E-state index contributed by atoms with van der Waals surface area (Å²) in [6, 6.07) is 7.42. The summed E-state index contributed by atoms with van der Waals surface area (Å²) >= 11 is 0. The highest BCUT2D eigenvalue weighted by molar-refractivity contribution is 5.16. The van der Waals surface area contributed by atoms with Crippen LogP contribution >= 0.6 is 0 Å². The van der Waals surface area contributed by atoms with Crippen molar-refractivity contribution in [2.75, 3.05) is 6.54 Å². The van der Waals surface area contributed by atoms with Crippen LogP contribution in [0.4, 0.5) is 4.39 Å². The number of unbranched alkanes of at least 4 members (excludes halogenated alkanes) is 2. The molecule has 96 valence electrons. The maximum Gasteiger partial charge on any atom is 0.123 e. The summed E-state index contributed by atoms with van der Waals surface area (Å²) in [5.41, 5.74) is 1.07. The van der Waals surface area contributed by atoms with Gasteiger partial charge in [-0.1, -0.05) is 38.3 Å². The Kier molecular flexibility index (Phi) is 6.87. The van der Waals surface area contributed by atoms with Gasteiger partial charge in [-0.3, -0.25) is 0 Å². The van der Waals surface area contributed by atoms with E-state index in [9.17, 15) is 4.39 Å². The Bertz CT molecular complexity index is 312. The first-order valence-electron chi connectivity index (χ1n) is 6.70. The Balaban J connectivity index is 2.14. The monoisotopic (exact) mass is 237 g/mol. The highest BCUT2D eigenvalue weighted by atomic mass is 19.1. The molecule has 0 saturated carbocycles. The second kappa shape index (κ2) is 8.24. The lowest BCUT2D eigenvalue weighted by atomic mass is 10.1. The number of benzene rings is 1. The number of hydrogen-bond acceptors (Lipinski definition) is 1. The predicted octanol–water partition coefficient (Wildman–Crippen LogP) is 3.93. The molecule has 0 saturated heterocycles. The fraction of sp³-hybridized carbons (Fsp3) is 0.600. The Morgan fingerprint density at radius 2 is 2.12 bits per heavy atom. The summed E-state index contributed by atoms with van der Waals surface area (Å²) in [5, 5.41) is 3.49. The van der Waals surface area contributed by atoms with Gasteiger partial charge in [0.1, 0.15) is 5.82 Å². The second-order valence-electron chi connectivity index (χ2n) is 4.73. The molecule has 0 fully saturated rings. The van der Waals surface area contributed by atoms with Crippen molar-refractivity contribution in [3.05, 3.63) is 35.6 Å². The van der Waals surface area contributed by atoms with Crippen molar-refractivity contribution in [1.82, 2.24) is 5.32 Å². The van der Waals surface area contributed by atoms with E-state index in [-0.39, 0.29) is 5.82 Å². The summed E-state index contributed by atoms with van der Waals surface area (Å²) in [4.78, 5) is 0. The van der Waals surface area contributed by atoms with Gasteiger partial charge in [0, 0.05) is 6.04 Å². The van der Waals surface area contributed by atoms with Crippen LogP contribution in [0.15, 0.2) is 24.3 Å². The van der Waals surface area contributed by atoms with Crippen LogP contribution in [0.3, 0.4) is 0 Å². The highest BCUT2D eigenvalue weighted by Gasteiger charge is 2.01. The molecule has 0 aliphatic carbocycles. The van der Waals surface area contributed by atoms with Crippen molar-refractivity contribution in [2.45, 2.75) is 52.0 Å². The molecule has 0 radical (unpaired) electrons. The van der Waals surface area contributed by atoms with Gasteiger partial charge in [-0.25, -0.2) is 4.39 Å². The van der Waals surface area contributed by atoms with Crippen LogP contribution in [0.5, 0.6) is 0 Å². The summed E-state index contributed by atoms with van der Waals surface area (Å²) < 4.78 is 12.9. The molecule has 1 aromatic rings. The van der Waals surface area contributed by atoms with E-state index in [1.807, 2.05) is 6.07 Å². The van der Waals surface area contributed by atoms with Crippen molar-refractivity contribution >= 4 is 0 Å². The third kappa shape index (κ3) is 6.42. The molecule has 1 nitrogen and oxygen atoms in total. The Hall–Kier alpha value is -0.890. The third-order valence-corrected chi connectivity index (χ3v) is 3.04. The predicted molar refractivity (Wildman–Crippen MR) is 71.7 cm³/mol. The fourth-order valence-electron chi connectivity index (χ4n) is 1.96. The molecule has 0 amide bonds. The summed E-state index contributed by atoms with van der Waals surface area (Å²) in [7, 11) is 0. The van der Waals surface area contributed by atoms with Crippen molar-refractivity contribution in [3.8, 4) is 0 Å². The summed E-state index contributed by atoms with van der Waals surface area (Å²) in [6.07, 6.45) is 6.02. The Morgan fingerprint density at radius 3 is 2.82 bits per heavy atom. The number of halogens is 1. The van der Waals surface area contributed by atoms with Crippen LogP contribution in [-0.2, 0) is 6.42 Å². The van der Waals surface area contributed by atoms with Gasteiger partial charge >= 0.3 is 0 Å². The van der Waals surface area contributed by atoms with Crippen LogP contribution < -0.4 is 5.32 Å². The molecular formula is C15H24FN. The summed E-state index contributed by atoms with van der Waals surface area (Å²) in [5.74, 6) is -0.140. The van der Waals surface area contributed by atoms with Crippen LogP contribution in [0, 0.1) is 5.82 Å². The molecule has 0 spiro atoms. The minimum absolute atomic E-state index is 0.140. The van der Waals surface area contributed by atoms with E-state index >= 15 is 0 Å². The van der Waals surface area contributed by atoms with E-state index in [1.54, 1.807) is 12.1 Å². The lowest BCUT2D eigenvalue weighted by Gasteiger charge is -2.13. The van der Waals surface area contributed by atoms with Crippen molar-refractivity contribution in [3.63, 3.8) is 0 Å². The van der Waals surface area contributed by atoms with E-state index in [0.717, 1.165) is 18.5 Å². The zero-order valence-electron chi connectivity index (χ0n) is 11.0. The molecule has 0 bridgehead atoms. The van der Waals surface area contributed by atoms with Gasteiger partial charge in [0.05, 0.1) is 0 Å². The zero-order chi connectivity index (χ0) is 12.5. The van der Waals surface area contributed by atoms with Crippen molar-refractivity contribution in [1.29, 1.82) is 0 Å².